The minimum absolute atomic E-state index is 0.267. The van der Waals surface area contributed by atoms with Crippen LogP contribution < -0.4 is 9.47 Å². The van der Waals surface area contributed by atoms with Crippen molar-refractivity contribution in [1.29, 1.82) is 0 Å². The van der Waals surface area contributed by atoms with Gasteiger partial charge in [0.25, 0.3) is 0 Å². The number of benzene rings is 2. The van der Waals surface area contributed by atoms with E-state index in [2.05, 4.69) is 9.97 Å². The van der Waals surface area contributed by atoms with Crippen LogP contribution in [-0.2, 0) is 4.79 Å². The van der Waals surface area contributed by atoms with E-state index < -0.39 is 5.97 Å². The van der Waals surface area contributed by atoms with E-state index >= 15 is 0 Å². The molecule has 0 bridgehead atoms. The lowest BCUT2D eigenvalue weighted by Crippen LogP contribution is -2.17. The number of hydrogen-bond donors (Lipinski definition) is 0. The average Bonchev–Trinajstić information content (AvgIpc) is 3.11. The minimum Gasteiger partial charge on any atom is -0.480 e. The fraction of sp³-hybridized carbons (Fsp3) is 0.0500. The molecule has 0 spiro atoms. The lowest BCUT2D eigenvalue weighted by molar-refractivity contribution is -0.136. The number of pyridine rings is 1. The van der Waals surface area contributed by atoms with Crippen LogP contribution in [0.1, 0.15) is 0 Å². The average molecular weight is 381 g/mol. The highest BCUT2D eigenvalue weighted by Crippen LogP contribution is 2.26. The number of hydrogen-bond acceptors (Lipinski definition) is 6. The second-order valence-corrected chi connectivity index (χ2v) is 5.96. The van der Waals surface area contributed by atoms with Crippen LogP contribution in [0, 0.1) is 0 Å². The van der Waals surface area contributed by atoms with Crippen molar-refractivity contribution in [2.24, 2.45) is 0 Å². The summed E-state index contributed by atoms with van der Waals surface area (Å²) in [5, 5.41) is 0.426. The summed E-state index contributed by atoms with van der Waals surface area (Å²) in [5.74, 6) is 0.593. The van der Waals surface area contributed by atoms with Crippen LogP contribution in [0.2, 0.25) is 5.02 Å². The number of nitrogens with zero attached hydrogens (tertiary/aromatic N) is 2. The van der Waals surface area contributed by atoms with E-state index in [4.69, 9.17) is 25.5 Å². The van der Waals surface area contributed by atoms with Crippen molar-refractivity contribution in [1.82, 2.24) is 9.97 Å². The molecule has 6 nitrogen and oxygen atoms in total. The fourth-order valence-electron chi connectivity index (χ4n) is 2.43. The van der Waals surface area contributed by atoms with Crippen LogP contribution in [0.3, 0.4) is 0 Å². The molecule has 0 fully saturated rings. The number of rotatable bonds is 5. The van der Waals surface area contributed by atoms with Crippen molar-refractivity contribution in [3.05, 3.63) is 71.9 Å². The molecule has 0 aliphatic rings. The number of esters is 1. The molecule has 0 saturated heterocycles. The molecule has 4 rings (SSSR count). The van der Waals surface area contributed by atoms with Gasteiger partial charge in [0.1, 0.15) is 22.7 Å². The summed E-state index contributed by atoms with van der Waals surface area (Å²) in [7, 11) is 0. The molecule has 0 saturated carbocycles. The van der Waals surface area contributed by atoms with Gasteiger partial charge in [-0.3, -0.25) is 4.98 Å². The topological polar surface area (TPSA) is 74.5 Å². The Bertz CT molecular complexity index is 1100. The lowest BCUT2D eigenvalue weighted by atomic mass is 10.3. The molecule has 0 amide bonds. The van der Waals surface area contributed by atoms with E-state index in [-0.39, 0.29) is 6.61 Å². The van der Waals surface area contributed by atoms with Crippen molar-refractivity contribution in [3.63, 3.8) is 0 Å². The minimum atomic E-state index is -0.557. The van der Waals surface area contributed by atoms with E-state index in [0.717, 1.165) is 0 Å². The normalized spacial score (nSPS) is 10.7. The van der Waals surface area contributed by atoms with Crippen molar-refractivity contribution in [2.45, 2.75) is 0 Å². The second-order valence-electron chi connectivity index (χ2n) is 5.56. The van der Waals surface area contributed by atoms with Crippen LogP contribution >= 0.6 is 11.6 Å². The first-order valence-electron chi connectivity index (χ1n) is 8.09. The molecule has 0 aliphatic heterocycles. The number of carbonyl (C=O) groups is 1. The SMILES string of the molecule is O=C(COc1ccccc1Cl)Oc1ccc2nc(-c3ccccn3)oc2c1. The van der Waals surface area contributed by atoms with Crippen LogP contribution in [0.15, 0.2) is 71.3 Å². The summed E-state index contributed by atoms with van der Waals surface area (Å²) in [6, 6.07) is 17.3. The van der Waals surface area contributed by atoms with E-state index in [0.29, 0.717) is 39.2 Å². The molecule has 0 N–H and O–H groups in total. The highest BCUT2D eigenvalue weighted by atomic mass is 35.5. The zero-order valence-electron chi connectivity index (χ0n) is 14.0. The van der Waals surface area contributed by atoms with Crippen molar-refractivity contribution in [2.75, 3.05) is 6.61 Å². The van der Waals surface area contributed by atoms with Crippen LogP contribution in [0.25, 0.3) is 22.7 Å². The molecule has 0 radical (unpaired) electrons. The molecular weight excluding hydrogens is 368 g/mol. The van der Waals surface area contributed by atoms with E-state index in [1.165, 1.54) is 0 Å². The maximum atomic E-state index is 12.0. The lowest BCUT2D eigenvalue weighted by Gasteiger charge is -2.07. The molecule has 0 aliphatic carbocycles. The first-order chi connectivity index (χ1) is 13.2. The maximum absolute atomic E-state index is 12.0. The van der Waals surface area contributed by atoms with Gasteiger partial charge in [0.15, 0.2) is 12.2 Å². The molecule has 134 valence electrons. The quantitative estimate of drug-likeness (QED) is 0.374. The van der Waals surface area contributed by atoms with Crippen LogP contribution in [0.4, 0.5) is 0 Å². The van der Waals surface area contributed by atoms with Gasteiger partial charge in [0, 0.05) is 12.3 Å². The van der Waals surface area contributed by atoms with Gasteiger partial charge in [0.2, 0.25) is 5.89 Å². The Hall–Kier alpha value is -3.38. The Kier molecular flexibility index (Phi) is 4.72. The number of halogens is 1. The molecule has 2 aromatic heterocycles. The molecule has 2 heterocycles. The second kappa shape index (κ2) is 7.47. The van der Waals surface area contributed by atoms with Gasteiger partial charge < -0.3 is 13.9 Å². The summed E-state index contributed by atoms with van der Waals surface area (Å²) >= 11 is 5.98. The third-order valence-electron chi connectivity index (χ3n) is 3.66. The Morgan fingerprint density at radius 2 is 1.93 bits per heavy atom. The standard InChI is InChI=1S/C20H13ClN2O4/c21-14-5-1-2-7-17(14)25-12-19(24)26-13-8-9-15-18(11-13)27-20(23-15)16-6-3-4-10-22-16/h1-11H,12H2. The zero-order valence-corrected chi connectivity index (χ0v) is 14.7. The number of aromatic nitrogens is 2. The Labute approximate surface area is 159 Å². The van der Waals surface area contributed by atoms with Gasteiger partial charge in [-0.05, 0) is 36.4 Å². The van der Waals surface area contributed by atoms with E-state index in [1.807, 2.05) is 12.1 Å². The molecule has 2 aromatic carbocycles. The zero-order chi connectivity index (χ0) is 18.6. The van der Waals surface area contributed by atoms with Crippen molar-refractivity contribution < 1.29 is 18.7 Å². The summed E-state index contributed by atoms with van der Waals surface area (Å²) in [5.41, 5.74) is 1.76. The van der Waals surface area contributed by atoms with Crippen molar-refractivity contribution in [3.8, 4) is 23.1 Å². The fourth-order valence-corrected chi connectivity index (χ4v) is 2.62. The highest BCUT2D eigenvalue weighted by Gasteiger charge is 2.12. The number of fused-ring (bicyclic) bond motifs is 1. The first kappa shape index (κ1) is 17.1. The number of carbonyl (C=O) groups excluding carboxylic acids is 1. The molecule has 0 unspecified atom stereocenters. The number of oxazole rings is 1. The predicted octanol–water partition coefficient (Wildman–Crippen LogP) is 4.53. The monoisotopic (exact) mass is 380 g/mol. The predicted molar refractivity (Wildman–Crippen MR) is 99.8 cm³/mol. The summed E-state index contributed by atoms with van der Waals surface area (Å²) in [6.07, 6.45) is 1.66. The highest BCUT2D eigenvalue weighted by molar-refractivity contribution is 6.32. The Morgan fingerprint density at radius 3 is 2.74 bits per heavy atom. The first-order valence-corrected chi connectivity index (χ1v) is 8.47. The number of ether oxygens (including phenoxy) is 2. The number of para-hydroxylation sites is 1. The van der Waals surface area contributed by atoms with Gasteiger partial charge in [-0.2, -0.15) is 0 Å². The largest absolute Gasteiger partial charge is 0.480 e. The molecule has 7 heteroatoms. The Morgan fingerprint density at radius 1 is 1.07 bits per heavy atom. The summed E-state index contributed by atoms with van der Waals surface area (Å²) < 4.78 is 16.4. The van der Waals surface area contributed by atoms with E-state index in [1.54, 1.807) is 54.7 Å². The third kappa shape index (κ3) is 3.91. The molecule has 27 heavy (non-hydrogen) atoms. The maximum Gasteiger partial charge on any atom is 0.349 e. The molecular formula is C20H13ClN2O4. The van der Waals surface area contributed by atoms with E-state index in [9.17, 15) is 4.79 Å². The molecule has 0 atom stereocenters. The van der Waals surface area contributed by atoms with Crippen molar-refractivity contribution >= 4 is 28.7 Å². The van der Waals surface area contributed by atoms with Gasteiger partial charge in [-0.25, -0.2) is 9.78 Å². The van der Waals surface area contributed by atoms with Gasteiger partial charge in [0.05, 0.1) is 5.02 Å². The van der Waals surface area contributed by atoms with Crippen LogP contribution in [-0.4, -0.2) is 22.5 Å². The third-order valence-corrected chi connectivity index (χ3v) is 3.97. The van der Waals surface area contributed by atoms with Gasteiger partial charge in [-0.1, -0.05) is 29.8 Å². The summed E-state index contributed by atoms with van der Waals surface area (Å²) in [4.78, 5) is 20.6. The van der Waals surface area contributed by atoms with Crippen LogP contribution in [0.5, 0.6) is 11.5 Å². The Balaban J connectivity index is 1.46. The smallest absolute Gasteiger partial charge is 0.349 e. The van der Waals surface area contributed by atoms with Gasteiger partial charge >= 0.3 is 5.97 Å². The van der Waals surface area contributed by atoms with Gasteiger partial charge in [-0.15, -0.1) is 0 Å². The summed E-state index contributed by atoms with van der Waals surface area (Å²) in [6.45, 7) is -0.267. The molecule has 4 aromatic rings.